The number of rotatable bonds is 2. The smallest absolute Gasteiger partial charge is 0.205 e. The molecule has 2 heterocycles. The van der Waals surface area contributed by atoms with Crippen LogP contribution in [0.3, 0.4) is 0 Å². The van der Waals surface area contributed by atoms with E-state index >= 15 is 0 Å². The van der Waals surface area contributed by atoms with Crippen LogP contribution in [0, 0.1) is 3.57 Å². The minimum atomic E-state index is 0.765. The van der Waals surface area contributed by atoms with Crippen molar-refractivity contribution in [1.29, 1.82) is 0 Å². The minimum Gasteiger partial charge on any atom is -0.440 e. The summed E-state index contributed by atoms with van der Waals surface area (Å²) in [5, 5.41) is 0. The van der Waals surface area contributed by atoms with E-state index in [1.807, 2.05) is 53.1 Å². The molecule has 17 heavy (non-hydrogen) atoms. The fourth-order valence-electron chi connectivity index (χ4n) is 1.63. The van der Waals surface area contributed by atoms with Crippen molar-refractivity contribution in [2.24, 2.45) is 0 Å². The van der Waals surface area contributed by atoms with Gasteiger partial charge in [0.05, 0.1) is 0 Å². The van der Waals surface area contributed by atoms with Crippen LogP contribution in [0.2, 0.25) is 0 Å². The van der Waals surface area contributed by atoms with E-state index in [2.05, 4.69) is 27.6 Å². The summed E-state index contributed by atoms with van der Waals surface area (Å²) in [6, 6.07) is 13.8. The molecule has 0 radical (unpaired) electrons. The highest BCUT2D eigenvalue weighted by Crippen LogP contribution is 2.22. The molecule has 0 unspecified atom stereocenters. The van der Waals surface area contributed by atoms with Crippen LogP contribution in [-0.4, -0.2) is 9.38 Å². The average molecular weight is 336 g/mol. The Morgan fingerprint density at radius 1 is 1.06 bits per heavy atom. The highest BCUT2D eigenvalue weighted by Gasteiger charge is 2.02. The zero-order chi connectivity index (χ0) is 11.7. The van der Waals surface area contributed by atoms with Gasteiger partial charge in [-0.15, -0.1) is 0 Å². The number of hydrogen-bond acceptors (Lipinski definition) is 2. The largest absolute Gasteiger partial charge is 0.440 e. The van der Waals surface area contributed by atoms with Crippen molar-refractivity contribution in [1.82, 2.24) is 9.38 Å². The van der Waals surface area contributed by atoms with Gasteiger partial charge in [-0.05, 0) is 59.0 Å². The molecule has 0 N–H and O–H groups in total. The van der Waals surface area contributed by atoms with Gasteiger partial charge in [-0.25, -0.2) is 4.98 Å². The van der Waals surface area contributed by atoms with Gasteiger partial charge in [0, 0.05) is 16.0 Å². The van der Waals surface area contributed by atoms with Gasteiger partial charge in [-0.1, -0.05) is 6.07 Å². The Hall–Kier alpha value is -1.56. The number of benzene rings is 1. The van der Waals surface area contributed by atoms with Gasteiger partial charge in [0.1, 0.15) is 11.4 Å². The van der Waals surface area contributed by atoms with E-state index in [0.29, 0.717) is 0 Å². The zero-order valence-corrected chi connectivity index (χ0v) is 11.0. The first-order valence-electron chi connectivity index (χ1n) is 5.18. The van der Waals surface area contributed by atoms with Crippen molar-refractivity contribution in [2.45, 2.75) is 0 Å². The van der Waals surface area contributed by atoms with Crippen molar-refractivity contribution in [3.63, 3.8) is 0 Å². The number of imidazole rings is 1. The lowest BCUT2D eigenvalue weighted by Gasteiger charge is -2.07. The SMILES string of the molecule is Ic1ccc(Oc2cccc3nccn23)cc1. The van der Waals surface area contributed by atoms with E-state index in [9.17, 15) is 0 Å². The van der Waals surface area contributed by atoms with E-state index < -0.39 is 0 Å². The molecular weight excluding hydrogens is 327 g/mol. The third-order valence-corrected chi connectivity index (χ3v) is 3.15. The number of aromatic nitrogens is 2. The van der Waals surface area contributed by atoms with Gasteiger partial charge in [-0.2, -0.15) is 0 Å². The lowest BCUT2D eigenvalue weighted by molar-refractivity contribution is 0.456. The summed E-state index contributed by atoms with van der Waals surface area (Å²) in [6.45, 7) is 0. The van der Waals surface area contributed by atoms with Gasteiger partial charge in [0.2, 0.25) is 5.88 Å². The molecule has 0 aliphatic heterocycles. The first-order chi connectivity index (χ1) is 8.33. The maximum Gasteiger partial charge on any atom is 0.205 e. The van der Waals surface area contributed by atoms with Gasteiger partial charge in [0.25, 0.3) is 0 Å². The van der Waals surface area contributed by atoms with E-state index in [0.717, 1.165) is 17.3 Å². The summed E-state index contributed by atoms with van der Waals surface area (Å²) < 4.78 is 8.93. The number of pyridine rings is 1. The van der Waals surface area contributed by atoms with Crippen LogP contribution in [0.25, 0.3) is 5.65 Å². The van der Waals surface area contributed by atoms with Crippen LogP contribution in [0.4, 0.5) is 0 Å². The number of halogens is 1. The van der Waals surface area contributed by atoms with Crippen LogP contribution < -0.4 is 4.74 Å². The van der Waals surface area contributed by atoms with Gasteiger partial charge in [-0.3, -0.25) is 4.40 Å². The molecule has 3 aromatic rings. The normalized spacial score (nSPS) is 10.6. The molecule has 3 rings (SSSR count). The molecule has 84 valence electrons. The van der Waals surface area contributed by atoms with Crippen molar-refractivity contribution in [2.75, 3.05) is 0 Å². The second-order valence-corrected chi connectivity index (χ2v) is 4.82. The summed E-state index contributed by atoms with van der Waals surface area (Å²) in [5.41, 5.74) is 0.882. The van der Waals surface area contributed by atoms with E-state index in [-0.39, 0.29) is 0 Å². The first-order valence-corrected chi connectivity index (χ1v) is 6.26. The predicted molar refractivity (Wildman–Crippen MR) is 74.4 cm³/mol. The van der Waals surface area contributed by atoms with Crippen molar-refractivity contribution < 1.29 is 4.74 Å². The number of fused-ring (bicyclic) bond motifs is 1. The van der Waals surface area contributed by atoms with E-state index in [1.165, 1.54) is 3.57 Å². The highest BCUT2D eigenvalue weighted by molar-refractivity contribution is 14.1. The number of ether oxygens (including phenoxy) is 1. The Labute approximate surface area is 112 Å². The Kier molecular flexibility index (Phi) is 2.72. The minimum absolute atomic E-state index is 0.765. The zero-order valence-electron chi connectivity index (χ0n) is 8.88. The molecule has 0 amide bonds. The molecule has 0 spiro atoms. The number of hydrogen-bond donors (Lipinski definition) is 0. The van der Waals surface area contributed by atoms with Crippen LogP contribution in [0.1, 0.15) is 0 Å². The monoisotopic (exact) mass is 336 g/mol. The molecule has 4 heteroatoms. The third-order valence-electron chi connectivity index (χ3n) is 2.43. The van der Waals surface area contributed by atoms with Crippen molar-refractivity contribution >= 4 is 28.2 Å². The molecule has 2 aromatic heterocycles. The summed E-state index contributed by atoms with van der Waals surface area (Å²) in [5.74, 6) is 1.59. The fourth-order valence-corrected chi connectivity index (χ4v) is 1.99. The molecule has 0 saturated carbocycles. The lowest BCUT2D eigenvalue weighted by Crippen LogP contribution is -1.92. The van der Waals surface area contributed by atoms with Gasteiger partial charge >= 0.3 is 0 Å². The Bertz CT molecular complexity index is 646. The molecule has 0 bridgehead atoms. The molecule has 0 aliphatic carbocycles. The highest BCUT2D eigenvalue weighted by atomic mass is 127. The van der Waals surface area contributed by atoms with E-state index in [1.54, 1.807) is 6.20 Å². The predicted octanol–water partition coefficient (Wildman–Crippen LogP) is 3.73. The van der Waals surface area contributed by atoms with Gasteiger partial charge < -0.3 is 4.74 Å². The molecule has 0 fully saturated rings. The van der Waals surface area contributed by atoms with Crippen molar-refractivity contribution in [3.8, 4) is 11.6 Å². The van der Waals surface area contributed by atoms with Crippen LogP contribution in [0.15, 0.2) is 54.9 Å². The Morgan fingerprint density at radius 3 is 2.71 bits per heavy atom. The second-order valence-electron chi connectivity index (χ2n) is 3.58. The summed E-state index contributed by atoms with van der Waals surface area (Å²) in [7, 11) is 0. The molecule has 1 aromatic carbocycles. The molecule has 0 aliphatic rings. The van der Waals surface area contributed by atoms with Crippen LogP contribution in [-0.2, 0) is 0 Å². The lowest BCUT2D eigenvalue weighted by atomic mass is 10.3. The maximum atomic E-state index is 5.82. The Morgan fingerprint density at radius 2 is 1.88 bits per heavy atom. The topological polar surface area (TPSA) is 26.5 Å². The summed E-state index contributed by atoms with van der Waals surface area (Å²) in [4.78, 5) is 4.22. The van der Waals surface area contributed by atoms with E-state index in [4.69, 9.17) is 4.74 Å². The molecule has 0 saturated heterocycles. The first kappa shape index (κ1) is 10.6. The standard InChI is InChI=1S/C13H9IN2O/c14-10-4-6-11(7-5-10)17-13-3-1-2-12-15-8-9-16(12)13/h1-9H. The number of nitrogens with zero attached hydrogens (tertiary/aromatic N) is 2. The van der Waals surface area contributed by atoms with Crippen molar-refractivity contribution in [3.05, 3.63) is 58.4 Å². The summed E-state index contributed by atoms with van der Waals surface area (Å²) >= 11 is 2.27. The maximum absolute atomic E-state index is 5.82. The molecule has 3 nitrogen and oxygen atoms in total. The second kappa shape index (κ2) is 4.37. The Balaban J connectivity index is 1.99. The van der Waals surface area contributed by atoms with Crippen LogP contribution >= 0.6 is 22.6 Å². The quantitative estimate of drug-likeness (QED) is 0.667. The third kappa shape index (κ3) is 2.12. The summed E-state index contributed by atoms with van der Waals surface area (Å²) in [6.07, 6.45) is 3.65. The van der Waals surface area contributed by atoms with Gasteiger partial charge in [0.15, 0.2) is 0 Å². The van der Waals surface area contributed by atoms with Crippen LogP contribution in [0.5, 0.6) is 11.6 Å². The molecular formula is C13H9IN2O. The fraction of sp³-hybridized carbons (Fsp3) is 0. The molecule has 0 atom stereocenters. The average Bonchev–Trinajstić information content (AvgIpc) is 2.81.